The van der Waals surface area contributed by atoms with Gasteiger partial charge in [-0.1, -0.05) is 12.2 Å². The number of benzene rings is 1. The molecule has 3 aromatic rings. The maximum absolute atomic E-state index is 15.3. The number of aromatic amines is 1. The second kappa shape index (κ2) is 10.9. The third-order valence-electron chi connectivity index (χ3n) is 8.20. The van der Waals surface area contributed by atoms with E-state index in [0.29, 0.717) is 47.2 Å². The molecular weight excluding hydrogens is 570 g/mol. The molecule has 1 aliphatic carbocycles. The van der Waals surface area contributed by atoms with Crippen LogP contribution in [0.2, 0.25) is 0 Å². The normalized spacial score (nSPS) is 23.8. The summed E-state index contributed by atoms with van der Waals surface area (Å²) in [4.78, 5) is 28.1. The summed E-state index contributed by atoms with van der Waals surface area (Å²) in [6, 6.07) is 5.64. The van der Waals surface area contributed by atoms with Gasteiger partial charge in [0.1, 0.15) is 28.4 Å². The Morgan fingerprint density at radius 1 is 1.25 bits per heavy atom. The van der Waals surface area contributed by atoms with Crippen molar-refractivity contribution in [3.05, 3.63) is 94.3 Å². The molecule has 13 heteroatoms. The summed E-state index contributed by atoms with van der Waals surface area (Å²) in [5, 5.41) is 20.9. The highest BCUT2D eigenvalue weighted by molar-refractivity contribution is 6.04. The topological polar surface area (TPSA) is 129 Å². The first-order chi connectivity index (χ1) is 21.3. The van der Waals surface area contributed by atoms with Crippen LogP contribution in [0.15, 0.2) is 71.8 Å². The van der Waals surface area contributed by atoms with Gasteiger partial charge in [0.15, 0.2) is 17.4 Å². The minimum atomic E-state index is -1.52. The number of carbonyl (C=O) groups is 1. The highest BCUT2D eigenvalue weighted by Gasteiger charge is 2.33. The van der Waals surface area contributed by atoms with E-state index in [2.05, 4.69) is 42.2 Å². The first-order valence-electron chi connectivity index (χ1n) is 14.4. The van der Waals surface area contributed by atoms with Gasteiger partial charge < -0.3 is 25.6 Å². The molecule has 3 aliphatic heterocycles. The summed E-state index contributed by atoms with van der Waals surface area (Å²) in [5.74, 6) is 0.817. The number of aromatic nitrogens is 4. The molecule has 2 aromatic heterocycles. The lowest BCUT2D eigenvalue weighted by Crippen LogP contribution is -2.41. The Kier molecular flexibility index (Phi) is 6.88. The van der Waals surface area contributed by atoms with Gasteiger partial charge in [0.2, 0.25) is 0 Å². The van der Waals surface area contributed by atoms with Crippen LogP contribution in [0.25, 0.3) is 11.5 Å². The Morgan fingerprint density at radius 2 is 2.14 bits per heavy atom. The zero-order chi connectivity index (χ0) is 30.4. The van der Waals surface area contributed by atoms with E-state index in [0.717, 1.165) is 30.3 Å². The number of hydrogen-bond donors (Lipinski definition) is 4. The van der Waals surface area contributed by atoms with E-state index in [9.17, 15) is 14.0 Å². The predicted octanol–water partition coefficient (Wildman–Crippen LogP) is 4.04. The Morgan fingerprint density at radius 3 is 2.95 bits per heavy atom. The van der Waals surface area contributed by atoms with Crippen LogP contribution in [-0.2, 0) is 0 Å². The number of allylic oxidation sites excluding steroid dienone is 4. The van der Waals surface area contributed by atoms with Crippen LogP contribution < -0.4 is 31.1 Å². The third-order valence-corrected chi connectivity index (χ3v) is 8.20. The van der Waals surface area contributed by atoms with Crippen molar-refractivity contribution >= 4 is 34.7 Å². The van der Waals surface area contributed by atoms with Crippen molar-refractivity contribution in [2.45, 2.75) is 31.5 Å². The minimum absolute atomic E-state index is 0.0388. The average Bonchev–Trinajstić information content (AvgIpc) is 3.66. The molecule has 1 saturated heterocycles. The maximum Gasteiger partial charge on any atom is 0.284 e. The molecule has 7 rings (SSSR count). The van der Waals surface area contributed by atoms with Gasteiger partial charge in [0.25, 0.3) is 11.5 Å². The molecule has 3 unspecified atom stereocenters. The number of anilines is 3. The molecule has 4 N–H and O–H groups in total. The number of amides is 1. The fourth-order valence-corrected chi connectivity index (χ4v) is 5.81. The van der Waals surface area contributed by atoms with Crippen molar-refractivity contribution < 1.29 is 18.3 Å². The summed E-state index contributed by atoms with van der Waals surface area (Å²) in [6.45, 7) is 3.62. The van der Waals surface area contributed by atoms with Crippen LogP contribution >= 0.6 is 0 Å². The molecule has 0 saturated carbocycles. The molecular formula is C31H30F2N8O3. The molecule has 11 nitrogen and oxygen atoms in total. The Labute approximate surface area is 251 Å². The van der Waals surface area contributed by atoms with Gasteiger partial charge in [-0.25, -0.2) is 8.78 Å². The van der Waals surface area contributed by atoms with Gasteiger partial charge in [0.05, 0.1) is 5.70 Å². The smallest absolute Gasteiger partial charge is 0.284 e. The highest BCUT2D eigenvalue weighted by Crippen LogP contribution is 2.38. The Bertz CT molecular complexity index is 1820. The molecule has 5 heterocycles. The van der Waals surface area contributed by atoms with Crippen LogP contribution in [-0.4, -0.2) is 57.2 Å². The molecule has 226 valence electrons. The molecule has 44 heavy (non-hydrogen) atoms. The lowest BCUT2D eigenvalue weighted by molar-refractivity contribution is 0.102. The van der Waals surface area contributed by atoms with Crippen LogP contribution in [0.1, 0.15) is 35.7 Å². The molecule has 1 fully saturated rings. The number of ether oxygens (including phenoxy) is 1. The summed E-state index contributed by atoms with van der Waals surface area (Å²) < 4.78 is 36.5. The number of alkyl halides is 1. The van der Waals surface area contributed by atoms with E-state index in [4.69, 9.17) is 4.74 Å². The number of carbonyl (C=O) groups excluding carboxylic acids is 1. The van der Waals surface area contributed by atoms with Crippen LogP contribution in [0.4, 0.5) is 26.1 Å². The quantitative estimate of drug-likeness (QED) is 0.334. The predicted molar refractivity (Wildman–Crippen MR) is 162 cm³/mol. The Hall–Kier alpha value is -5.04. The van der Waals surface area contributed by atoms with E-state index in [1.807, 2.05) is 12.3 Å². The van der Waals surface area contributed by atoms with Gasteiger partial charge in [-0.3, -0.25) is 14.7 Å². The second-order valence-corrected chi connectivity index (χ2v) is 11.4. The van der Waals surface area contributed by atoms with E-state index in [-0.39, 0.29) is 23.4 Å². The van der Waals surface area contributed by atoms with Gasteiger partial charge in [-0.2, -0.15) is 14.9 Å². The minimum Gasteiger partial charge on any atom is -0.454 e. The zero-order valence-corrected chi connectivity index (χ0v) is 23.8. The molecule has 4 aliphatic rings. The number of hydrogen-bond acceptors (Lipinski definition) is 8. The second-order valence-electron chi connectivity index (χ2n) is 11.4. The van der Waals surface area contributed by atoms with E-state index in [1.165, 1.54) is 43.5 Å². The molecule has 0 radical (unpaired) electrons. The van der Waals surface area contributed by atoms with Gasteiger partial charge in [-0.05, 0) is 62.2 Å². The molecule has 0 spiro atoms. The average molecular weight is 601 g/mol. The third kappa shape index (κ3) is 5.19. The first kappa shape index (κ1) is 27.8. The number of H-pyrrole nitrogens is 1. The van der Waals surface area contributed by atoms with E-state index >= 15 is 4.39 Å². The van der Waals surface area contributed by atoms with Crippen molar-refractivity contribution in [3.8, 4) is 5.75 Å². The summed E-state index contributed by atoms with van der Waals surface area (Å²) in [6.07, 6.45) is 12.9. The van der Waals surface area contributed by atoms with Crippen LogP contribution in [0, 0.1) is 11.7 Å². The summed E-state index contributed by atoms with van der Waals surface area (Å²) in [7, 11) is 0. The number of nitrogens with zero attached hydrogens (tertiary/aromatic N) is 4. The number of fused-ring (bicyclic) bond motifs is 2. The highest BCUT2D eigenvalue weighted by atomic mass is 19.1. The standard InChI is InChI=1S/C31H30F2N8O3/c1-31(33)10-4-20(5-11-31)41-30(43)21(7-14-36-41)29(42)37-19-2-3-24(22(32)16-19)44-25-8-13-35-27-26(25)28(39-38-27)40-15-9-18-6-12-34-23(18)17-40/h2-5,7-10,14-16,18,23,34H,6,11-13,17H2,1H3,(H,37,42)(H2,35,38,39). The lowest BCUT2D eigenvalue weighted by atomic mass is 9.97. The number of halogens is 2. The fourth-order valence-electron chi connectivity index (χ4n) is 5.81. The van der Waals surface area contributed by atoms with Crippen molar-refractivity contribution in [1.82, 2.24) is 25.3 Å². The van der Waals surface area contributed by atoms with Crippen LogP contribution in [0.5, 0.6) is 5.75 Å². The lowest BCUT2D eigenvalue weighted by Gasteiger charge is -2.30. The van der Waals surface area contributed by atoms with Crippen LogP contribution in [0.3, 0.4) is 0 Å². The van der Waals surface area contributed by atoms with Crippen molar-refractivity contribution in [1.29, 1.82) is 0 Å². The Balaban J connectivity index is 1.07. The molecule has 3 atom stereocenters. The van der Waals surface area contributed by atoms with Crippen molar-refractivity contribution in [2.24, 2.45) is 5.92 Å². The SMILES string of the molecule is CC1(F)C=CC(n2nccc(C(=O)Nc3ccc(OC4=CCNc5[nH]nc(N6C=CC7CCNC7C6)c54)c(F)c3)c2=O)=CC1. The summed E-state index contributed by atoms with van der Waals surface area (Å²) >= 11 is 0. The zero-order valence-electron chi connectivity index (χ0n) is 23.8. The number of nitrogens with one attached hydrogen (secondary N) is 4. The van der Waals surface area contributed by atoms with Gasteiger partial charge >= 0.3 is 0 Å². The molecule has 0 bridgehead atoms. The maximum atomic E-state index is 15.3. The summed E-state index contributed by atoms with van der Waals surface area (Å²) in [5.41, 5.74) is -1.21. The fraction of sp³-hybridized carbons (Fsp3) is 0.290. The van der Waals surface area contributed by atoms with Gasteiger partial charge in [-0.15, -0.1) is 0 Å². The number of rotatable bonds is 6. The van der Waals surface area contributed by atoms with E-state index < -0.39 is 23.0 Å². The first-order valence-corrected chi connectivity index (χ1v) is 14.4. The molecule has 1 aromatic carbocycles. The monoisotopic (exact) mass is 600 g/mol. The largest absolute Gasteiger partial charge is 0.454 e. The van der Waals surface area contributed by atoms with Crippen molar-refractivity contribution in [2.75, 3.05) is 35.2 Å². The van der Waals surface area contributed by atoms with Crippen molar-refractivity contribution in [3.63, 3.8) is 0 Å². The molecule has 1 amide bonds. The van der Waals surface area contributed by atoms with E-state index in [1.54, 1.807) is 6.08 Å². The van der Waals surface area contributed by atoms with Gasteiger partial charge in [0, 0.05) is 49.7 Å².